The highest BCUT2D eigenvalue weighted by molar-refractivity contribution is 5.97. The van der Waals surface area contributed by atoms with Crippen LogP contribution in [0.2, 0.25) is 0 Å². The van der Waals surface area contributed by atoms with Crippen molar-refractivity contribution in [3.8, 4) is 5.75 Å². The maximum atomic E-state index is 11.7. The molecule has 0 saturated carbocycles. The maximum Gasteiger partial charge on any atom is 0.255 e. The number of hydrogen-bond acceptors (Lipinski definition) is 4. The van der Waals surface area contributed by atoms with Gasteiger partial charge in [0.15, 0.2) is 0 Å². The molecular formula is C12H18N2O3. The molecule has 94 valence electrons. The van der Waals surface area contributed by atoms with E-state index in [4.69, 9.17) is 15.2 Å². The molecular weight excluding hydrogens is 220 g/mol. The van der Waals surface area contributed by atoms with Gasteiger partial charge in [-0.05, 0) is 19.1 Å². The quantitative estimate of drug-likeness (QED) is 0.573. The van der Waals surface area contributed by atoms with Crippen LogP contribution in [-0.4, -0.2) is 32.8 Å². The van der Waals surface area contributed by atoms with Crippen LogP contribution in [0.15, 0.2) is 18.2 Å². The molecule has 0 aromatic heterocycles. The van der Waals surface area contributed by atoms with E-state index in [1.54, 1.807) is 25.3 Å². The van der Waals surface area contributed by atoms with E-state index in [9.17, 15) is 4.79 Å². The molecule has 1 aromatic rings. The Morgan fingerprint density at radius 1 is 1.41 bits per heavy atom. The summed E-state index contributed by atoms with van der Waals surface area (Å²) in [4.78, 5) is 11.7. The summed E-state index contributed by atoms with van der Waals surface area (Å²) in [6, 6.07) is 4.97. The topological polar surface area (TPSA) is 73.6 Å². The van der Waals surface area contributed by atoms with Crippen LogP contribution >= 0.6 is 0 Å². The summed E-state index contributed by atoms with van der Waals surface area (Å²) < 4.78 is 10.3. The van der Waals surface area contributed by atoms with Crippen molar-refractivity contribution in [2.45, 2.75) is 6.92 Å². The van der Waals surface area contributed by atoms with Crippen molar-refractivity contribution in [1.29, 1.82) is 0 Å². The third-order valence-electron chi connectivity index (χ3n) is 2.13. The Balaban J connectivity index is 2.83. The molecule has 0 spiro atoms. The maximum absolute atomic E-state index is 11.7. The largest absolute Gasteiger partial charge is 0.490 e. The number of anilines is 1. The lowest BCUT2D eigenvalue weighted by Crippen LogP contribution is -2.23. The number of ether oxygens (including phenoxy) is 2. The molecule has 1 rings (SSSR count). The van der Waals surface area contributed by atoms with Crippen LogP contribution in [0, 0.1) is 0 Å². The number of nitrogens with one attached hydrogen (secondary N) is 1. The summed E-state index contributed by atoms with van der Waals surface area (Å²) >= 11 is 0. The van der Waals surface area contributed by atoms with Gasteiger partial charge in [-0.15, -0.1) is 0 Å². The zero-order chi connectivity index (χ0) is 12.7. The molecule has 0 radical (unpaired) electrons. The molecule has 0 heterocycles. The van der Waals surface area contributed by atoms with E-state index < -0.39 is 0 Å². The number of carbonyl (C=O) groups excluding carboxylic acids is 1. The smallest absolute Gasteiger partial charge is 0.255 e. The molecule has 0 aliphatic heterocycles. The fourth-order valence-corrected chi connectivity index (χ4v) is 1.34. The zero-order valence-electron chi connectivity index (χ0n) is 10.2. The van der Waals surface area contributed by atoms with Crippen LogP contribution in [0.4, 0.5) is 5.69 Å². The summed E-state index contributed by atoms with van der Waals surface area (Å²) in [5.41, 5.74) is 6.71. The lowest BCUT2D eigenvalue weighted by atomic mass is 10.1. The van der Waals surface area contributed by atoms with Crippen LogP contribution in [0.1, 0.15) is 17.3 Å². The number of benzene rings is 1. The molecule has 0 saturated heterocycles. The van der Waals surface area contributed by atoms with Crippen molar-refractivity contribution < 1.29 is 14.3 Å². The summed E-state index contributed by atoms with van der Waals surface area (Å²) in [6.45, 7) is 3.28. The van der Waals surface area contributed by atoms with E-state index in [1.165, 1.54) is 0 Å². The van der Waals surface area contributed by atoms with Crippen LogP contribution in [0.3, 0.4) is 0 Å². The third-order valence-corrected chi connectivity index (χ3v) is 2.13. The predicted molar refractivity (Wildman–Crippen MR) is 66.2 cm³/mol. The van der Waals surface area contributed by atoms with Gasteiger partial charge in [0.1, 0.15) is 12.4 Å². The van der Waals surface area contributed by atoms with Crippen molar-refractivity contribution >= 4 is 11.6 Å². The highest BCUT2D eigenvalue weighted by Gasteiger charge is 2.11. The minimum absolute atomic E-state index is 0.167. The minimum atomic E-state index is -0.167. The second kappa shape index (κ2) is 6.75. The van der Waals surface area contributed by atoms with Gasteiger partial charge >= 0.3 is 0 Å². The molecule has 0 bridgehead atoms. The molecule has 0 aliphatic rings. The first-order chi connectivity index (χ1) is 8.19. The summed E-state index contributed by atoms with van der Waals surface area (Å²) in [5, 5.41) is 2.72. The first-order valence-corrected chi connectivity index (χ1v) is 5.48. The van der Waals surface area contributed by atoms with E-state index >= 15 is 0 Å². The third kappa shape index (κ3) is 3.96. The lowest BCUT2D eigenvalue weighted by molar-refractivity contribution is 0.0948. The molecule has 0 fully saturated rings. The standard InChI is InChI=1S/C12H18N2O3/c1-3-14-12(15)10-5-4-9(13)8-11(10)17-7-6-16-2/h4-5,8H,3,6-7,13H2,1-2H3,(H,14,15). The number of carbonyl (C=O) groups is 1. The lowest BCUT2D eigenvalue weighted by Gasteiger charge is -2.11. The van der Waals surface area contributed by atoms with Crippen LogP contribution in [0.25, 0.3) is 0 Å². The number of nitrogen functional groups attached to an aromatic ring is 1. The van der Waals surface area contributed by atoms with Crippen molar-refractivity contribution in [2.75, 3.05) is 32.6 Å². The molecule has 5 nitrogen and oxygen atoms in total. The Hall–Kier alpha value is -1.75. The monoisotopic (exact) mass is 238 g/mol. The van der Waals surface area contributed by atoms with E-state index in [1.807, 2.05) is 6.92 Å². The average molecular weight is 238 g/mol. The van der Waals surface area contributed by atoms with Crippen molar-refractivity contribution in [3.63, 3.8) is 0 Å². The minimum Gasteiger partial charge on any atom is -0.490 e. The highest BCUT2D eigenvalue weighted by Crippen LogP contribution is 2.21. The molecule has 5 heteroatoms. The number of rotatable bonds is 6. The van der Waals surface area contributed by atoms with Gasteiger partial charge in [0, 0.05) is 25.4 Å². The number of methoxy groups -OCH3 is 1. The first kappa shape index (κ1) is 13.3. The van der Waals surface area contributed by atoms with E-state index in [0.717, 1.165) is 0 Å². The SMILES string of the molecule is CCNC(=O)c1ccc(N)cc1OCCOC. The summed E-state index contributed by atoms with van der Waals surface area (Å²) in [7, 11) is 1.59. The number of hydrogen-bond donors (Lipinski definition) is 2. The molecule has 0 atom stereocenters. The van der Waals surface area contributed by atoms with E-state index in [-0.39, 0.29) is 5.91 Å². The van der Waals surface area contributed by atoms with Crippen LogP contribution in [0.5, 0.6) is 5.75 Å². The van der Waals surface area contributed by atoms with Gasteiger partial charge in [-0.1, -0.05) is 0 Å². The van der Waals surface area contributed by atoms with Crippen molar-refractivity contribution in [3.05, 3.63) is 23.8 Å². The van der Waals surface area contributed by atoms with Gasteiger partial charge in [0.2, 0.25) is 0 Å². The zero-order valence-corrected chi connectivity index (χ0v) is 10.2. The second-order valence-electron chi connectivity index (χ2n) is 3.46. The van der Waals surface area contributed by atoms with E-state index in [0.29, 0.717) is 36.8 Å². The number of amides is 1. The van der Waals surface area contributed by atoms with Gasteiger partial charge in [0.05, 0.1) is 12.2 Å². The van der Waals surface area contributed by atoms with Gasteiger partial charge in [-0.2, -0.15) is 0 Å². The fraction of sp³-hybridized carbons (Fsp3) is 0.417. The average Bonchev–Trinajstić information content (AvgIpc) is 2.30. The molecule has 1 aromatic carbocycles. The molecule has 3 N–H and O–H groups in total. The Kier molecular flexibility index (Phi) is 5.29. The van der Waals surface area contributed by atoms with Gasteiger partial charge < -0.3 is 20.5 Å². The summed E-state index contributed by atoms with van der Waals surface area (Å²) in [6.07, 6.45) is 0. The van der Waals surface area contributed by atoms with Crippen LogP contribution < -0.4 is 15.8 Å². The van der Waals surface area contributed by atoms with Crippen LogP contribution in [-0.2, 0) is 4.74 Å². The first-order valence-electron chi connectivity index (χ1n) is 5.48. The van der Waals surface area contributed by atoms with Gasteiger partial charge in [-0.3, -0.25) is 4.79 Å². The fourth-order valence-electron chi connectivity index (χ4n) is 1.34. The highest BCUT2D eigenvalue weighted by atomic mass is 16.5. The molecule has 0 unspecified atom stereocenters. The normalized spacial score (nSPS) is 10.0. The Morgan fingerprint density at radius 2 is 2.18 bits per heavy atom. The predicted octanol–water partition coefficient (Wildman–Crippen LogP) is 1.04. The van der Waals surface area contributed by atoms with Crippen molar-refractivity contribution in [2.24, 2.45) is 0 Å². The molecule has 17 heavy (non-hydrogen) atoms. The Bertz CT molecular complexity index is 380. The molecule has 0 aliphatic carbocycles. The van der Waals surface area contributed by atoms with Gasteiger partial charge in [0.25, 0.3) is 5.91 Å². The number of nitrogens with two attached hydrogens (primary N) is 1. The van der Waals surface area contributed by atoms with Gasteiger partial charge in [-0.25, -0.2) is 0 Å². The van der Waals surface area contributed by atoms with E-state index in [2.05, 4.69) is 5.32 Å². The Morgan fingerprint density at radius 3 is 2.82 bits per heavy atom. The summed E-state index contributed by atoms with van der Waals surface area (Å²) in [5.74, 6) is 0.313. The molecule has 1 amide bonds. The second-order valence-corrected chi connectivity index (χ2v) is 3.46. The Labute approximate surface area is 101 Å². The van der Waals surface area contributed by atoms with Crippen molar-refractivity contribution in [1.82, 2.24) is 5.32 Å².